The summed E-state index contributed by atoms with van der Waals surface area (Å²) in [5.41, 5.74) is 1.09. The fourth-order valence-corrected chi connectivity index (χ4v) is 3.82. The van der Waals surface area contributed by atoms with Crippen LogP contribution in [0, 0.1) is 0 Å². The zero-order chi connectivity index (χ0) is 13.1. The molecule has 1 aliphatic heterocycles. The standard InChI is InChI=1S/C15H15NO2S/c17-19(14-8-4-5-10-16-14)13-9-11-18-15(13)12-6-2-1-3-7-12/h1-8,10,13,15H,9,11H2/t13-,15+,19+/m1/s1. The first kappa shape index (κ1) is 12.5. The van der Waals surface area contributed by atoms with Crippen molar-refractivity contribution in [1.82, 2.24) is 4.98 Å². The van der Waals surface area contributed by atoms with Crippen LogP contribution in [0.25, 0.3) is 0 Å². The second-order valence-electron chi connectivity index (χ2n) is 4.49. The van der Waals surface area contributed by atoms with Crippen molar-refractivity contribution in [3.63, 3.8) is 0 Å². The summed E-state index contributed by atoms with van der Waals surface area (Å²) in [6.07, 6.45) is 2.40. The summed E-state index contributed by atoms with van der Waals surface area (Å²) in [6.45, 7) is 0.656. The molecule has 0 N–H and O–H groups in total. The van der Waals surface area contributed by atoms with Gasteiger partial charge in [0.2, 0.25) is 0 Å². The van der Waals surface area contributed by atoms with Crippen LogP contribution in [0.2, 0.25) is 0 Å². The van der Waals surface area contributed by atoms with Crippen molar-refractivity contribution in [2.45, 2.75) is 22.8 Å². The van der Waals surface area contributed by atoms with Crippen molar-refractivity contribution in [3.8, 4) is 0 Å². The Hall–Kier alpha value is -1.52. The fourth-order valence-electron chi connectivity index (χ4n) is 2.36. The first-order chi connectivity index (χ1) is 9.36. The number of hydrogen-bond donors (Lipinski definition) is 0. The second-order valence-corrected chi connectivity index (χ2v) is 6.11. The maximum atomic E-state index is 12.6. The molecule has 1 fully saturated rings. The minimum absolute atomic E-state index is 0.0164. The molecule has 0 saturated carbocycles. The quantitative estimate of drug-likeness (QED) is 0.863. The number of rotatable bonds is 3. The van der Waals surface area contributed by atoms with E-state index >= 15 is 0 Å². The van der Waals surface area contributed by atoms with E-state index in [0.29, 0.717) is 11.6 Å². The Labute approximate surface area is 115 Å². The average molecular weight is 273 g/mol. The third-order valence-corrected chi connectivity index (χ3v) is 4.97. The van der Waals surface area contributed by atoms with Gasteiger partial charge in [-0.1, -0.05) is 36.4 Å². The lowest BCUT2D eigenvalue weighted by Gasteiger charge is -2.18. The topological polar surface area (TPSA) is 39.2 Å². The van der Waals surface area contributed by atoms with Gasteiger partial charge in [-0.25, -0.2) is 4.98 Å². The van der Waals surface area contributed by atoms with Gasteiger partial charge in [0.05, 0.1) is 22.2 Å². The van der Waals surface area contributed by atoms with Crippen molar-refractivity contribution < 1.29 is 8.95 Å². The molecule has 2 heterocycles. The molecule has 19 heavy (non-hydrogen) atoms. The van der Waals surface area contributed by atoms with Crippen LogP contribution in [-0.4, -0.2) is 21.0 Å². The lowest BCUT2D eigenvalue weighted by molar-refractivity contribution is 0.113. The Kier molecular flexibility index (Phi) is 3.71. The molecule has 1 aromatic carbocycles. The number of pyridine rings is 1. The zero-order valence-corrected chi connectivity index (χ0v) is 11.3. The van der Waals surface area contributed by atoms with E-state index in [1.807, 2.05) is 48.5 Å². The van der Waals surface area contributed by atoms with Gasteiger partial charge in [-0.05, 0) is 24.1 Å². The summed E-state index contributed by atoms with van der Waals surface area (Å²) < 4.78 is 18.4. The molecule has 1 aliphatic rings. The largest absolute Gasteiger partial charge is 0.372 e. The second kappa shape index (κ2) is 5.63. The molecule has 1 saturated heterocycles. The molecule has 1 aromatic heterocycles. The predicted octanol–water partition coefficient (Wildman–Crippen LogP) is 2.72. The highest BCUT2D eigenvalue weighted by atomic mass is 32.2. The number of benzene rings is 1. The maximum absolute atomic E-state index is 12.6. The highest BCUT2D eigenvalue weighted by Crippen LogP contribution is 2.34. The lowest BCUT2D eigenvalue weighted by Crippen LogP contribution is -2.20. The average Bonchev–Trinajstić information content (AvgIpc) is 2.98. The summed E-state index contributed by atoms with van der Waals surface area (Å²) >= 11 is 0. The number of nitrogens with zero attached hydrogens (tertiary/aromatic N) is 1. The Morgan fingerprint density at radius 2 is 1.89 bits per heavy atom. The van der Waals surface area contributed by atoms with E-state index in [9.17, 15) is 4.21 Å². The first-order valence-corrected chi connectivity index (χ1v) is 7.56. The Morgan fingerprint density at radius 3 is 2.63 bits per heavy atom. The summed E-state index contributed by atoms with van der Waals surface area (Å²) in [5.74, 6) is 0. The smallest absolute Gasteiger partial charge is 0.127 e. The number of aromatic nitrogens is 1. The van der Waals surface area contributed by atoms with Crippen LogP contribution in [0.5, 0.6) is 0 Å². The summed E-state index contributed by atoms with van der Waals surface area (Å²) in [7, 11) is -1.13. The van der Waals surface area contributed by atoms with Gasteiger partial charge in [0, 0.05) is 12.8 Å². The van der Waals surface area contributed by atoms with Gasteiger partial charge in [0.1, 0.15) is 5.03 Å². The summed E-state index contributed by atoms with van der Waals surface area (Å²) in [4.78, 5) is 4.20. The van der Waals surface area contributed by atoms with Crippen molar-refractivity contribution in [1.29, 1.82) is 0 Å². The van der Waals surface area contributed by atoms with E-state index in [1.54, 1.807) is 6.20 Å². The molecule has 2 aromatic rings. The van der Waals surface area contributed by atoms with Gasteiger partial charge in [-0.3, -0.25) is 4.21 Å². The van der Waals surface area contributed by atoms with Crippen LogP contribution in [0.15, 0.2) is 59.8 Å². The third kappa shape index (κ3) is 2.60. The molecule has 0 radical (unpaired) electrons. The molecule has 0 spiro atoms. The van der Waals surface area contributed by atoms with Crippen LogP contribution in [-0.2, 0) is 15.5 Å². The minimum atomic E-state index is -1.13. The van der Waals surface area contributed by atoms with Crippen molar-refractivity contribution in [2.24, 2.45) is 0 Å². The molecule has 3 atom stereocenters. The molecule has 0 unspecified atom stereocenters. The Morgan fingerprint density at radius 1 is 1.11 bits per heavy atom. The minimum Gasteiger partial charge on any atom is -0.372 e. The summed E-state index contributed by atoms with van der Waals surface area (Å²) in [6, 6.07) is 15.5. The highest BCUT2D eigenvalue weighted by molar-refractivity contribution is 7.85. The van der Waals surface area contributed by atoms with Crippen LogP contribution in [0.3, 0.4) is 0 Å². The molecule has 3 nitrogen and oxygen atoms in total. The van der Waals surface area contributed by atoms with Gasteiger partial charge in [0.15, 0.2) is 0 Å². The normalized spacial score (nSPS) is 24.2. The highest BCUT2D eigenvalue weighted by Gasteiger charge is 2.35. The van der Waals surface area contributed by atoms with Gasteiger partial charge < -0.3 is 4.74 Å². The molecule has 3 rings (SSSR count). The van der Waals surface area contributed by atoms with Crippen molar-refractivity contribution >= 4 is 10.8 Å². The van der Waals surface area contributed by atoms with Gasteiger partial charge in [-0.15, -0.1) is 0 Å². The van der Waals surface area contributed by atoms with E-state index in [2.05, 4.69) is 4.98 Å². The fraction of sp³-hybridized carbons (Fsp3) is 0.267. The molecule has 0 bridgehead atoms. The molecule has 4 heteroatoms. The van der Waals surface area contributed by atoms with E-state index in [1.165, 1.54) is 0 Å². The zero-order valence-electron chi connectivity index (χ0n) is 10.4. The summed E-state index contributed by atoms with van der Waals surface area (Å²) in [5, 5.41) is 0.622. The van der Waals surface area contributed by atoms with Crippen LogP contribution in [0.1, 0.15) is 18.1 Å². The van der Waals surface area contributed by atoms with E-state index < -0.39 is 10.8 Å². The monoisotopic (exact) mass is 273 g/mol. The first-order valence-electron chi connectivity index (χ1n) is 6.34. The molecule has 0 aliphatic carbocycles. The van der Waals surface area contributed by atoms with E-state index in [4.69, 9.17) is 4.74 Å². The van der Waals surface area contributed by atoms with Crippen molar-refractivity contribution in [2.75, 3.05) is 6.61 Å². The maximum Gasteiger partial charge on any atom is 0.127 e. The van der Waals surface area contributed by atoms with Gasteiger partial charge >= 0.3 is 0 Å². The molecular formula is C15H15NO2S. The van der Waals surface area contributed by atoms with E-state index in [0.717, 1.165) is 12.0 Å². The van der Waals surface area contributed by atoms with Gasteiger partial charge in [-0.2, -0.15) is 0 Å². The Bertz CT molecular complexity index is 559. The van der Waals surface area contributed by atoms with Crippen molar-refractivity contribution in [3.05, 3.63) is 60.3 Å². The van der Waals surface area contributed by atoms with Crippen LogP contribution in [0.4, 0.5) is 0 Å². The SMILES string of the molecule is O=[S@](c1ccccn1)[C@@H]1CCO[C@H]1c1ccccc1. The van der Waals surface area contributed by atoms with Crippen LogP contribution < -0.4 is 0 Å². The third-order valence-electron chi connectivity index (χ3n) is 3.28. The lowest BCUT2D eigenvalue weighted by atomic mass is 10.1. The van der Waals surface area contributed by atoms with Crippen LogP contribution >= 0.6 is 0 Å². The molecular weight excluding hydrogens is 258 g/mol. The number of ether oxygens (including phenoxy) is 1. The Balaban J connectivity index is 1.86. The molecule has 98 valence electrons. The predicted molar refractivity (Wildman–Crippen MR) is 74.2 cm³/mol. The van der Waals surface area contributed by atoms with E-state index in [-0.39, 0.29) is 11.4 Å². The molecule has 0 amide bonds. The van der Waals surface area contributed by atoms with Gasteiger partial charge in [0.25, 0.3) is 0 Å². The number of hydrogen-bond acceptors (Lipinski definition) is 3.